The quantitative estimate of drug-likeness (QED) is 0.253. The summed E-state index contributed by atoms with van der Waals surface area (Å²) in [5.41, 5.74) is 4.51. The average molecular weight is 508 g/mol. The Hall–Kier alpha value is -4.98. The number of nitrogens with zero attached hydrogens (tertiary/aromatic N) is 2. The van der Waals surface area contributed by atoms with E-state index in [1.807, 2.05) is 54.6 Å². The fraction of sp³-hybridized carbons (Fsp3) is 0.133. The number of H-pyrrole nitrogens is 1. The number of hydrogen-bond acceptors (Lipinski definition) is 6. The summed E-state index contributed by atoms with van der Waals surface area (Å²) < 4.78 is 11.8. The first-order chi connectivity index (χ1) is 18.4. The molecule has 0 saturated carbocycles. The number of aromatic amines is 1. The van der Waals surface area contributed by atoms with Crippen molar-refractivity contribution in [1.29, 1.82) is 0 Å². The van der Waals surface area contributed by atoms with E-state index in [0.717, 1.165) is 28.1 Å². The van der Waals surface area contributed by atoms with Crippen molar-refractivity contribution in [2.45, 2.75) is 26.7 Å². The van der Waals surface area contributed by atoms with E-state index in [1.54, 1.807) is 35.0 Å². The zero-order valence-electron chi connectivity index (χ0n) is 20.9. The maximum absolute atomic E-state index is 13.5. The van der Waals surface area contributed by atoms with Gasteiger partial charge in [0.05, 0.1) is 11.4 Å². The molecule has 0 radical (unpaired) electrons. The number of hydrogen-bond donors (Lipinski definition) is 1. The van der Waals surface area contributed by atoms with E-state index in [4.69, 9.17) is 14.5 Å². The number of rotatable bonds is 7. The molecule has 0 bridgehead atoms. The van der Waals surface area contributed by atoms with Gasteiger partial charge in [-0.2, -0.15) is 0 Å². The van der Waals surface area contributed by atoms with Crippen LogP contribution in [0.1, 0.15) is 36.4 Å². The maximum Gasteiger partial charge on any atom is 0.308 e. The van der Waals surface area contributed by atoms with Crippen LogP contribution in [-0.4, -0.2) is 26.5 Å². The lowest BCUT2D eigenvalue weighted by molar-refractivity contribution is -0.132. The smallest absolute Gasteiger partial charge is 0.308 e. The van der Waals surface area contributed by atoms with Gasteiger partial charge in [0.25, 0.3) is 5.56 Å². The topological polar surface area (TPSA) is 103 Å². The number of ether oxygens (including phenoxy) is 2. The van der Waals surface area contributed by atoms with Crippen molar-refractivity contribution in [3.05, 3.63) is 118 Å². The Morgan fingerprint density at radius 2 is 1.37 bits per heavy atom. The molecule has 2 heterocycles. The zero-order chi connectivity index (χ0) is 26.6. The maximum atomic E-state index is 13.5. The normalized spacial score (nSPS) is 10.9. The standard InChI is InChI=1S/C30H25N3O5/c1-19(34)37-24-12-8-22(9-13-24)17-27-30(36)33-18-28(23-10-14-25(15-11-23)38-20(2)35)31-26(29(33)32-27)16-21-6-4-3-5-7-21/h3-15,18,31H,16-17H2,1-2H3. The molecule has 8 nitrogen and oxygen atoms in total. The van der Waals surface area contributed by atoms with Gasteiger partial charge in [0.15, 0.2) is 5.82 Å². The van der Waals surface area contributed by atoms with E-state index in [9.17, 15) is 14.4 Å². The molecule has 0 unspecified atom stereocenters. The fourth-order valence-electron chi connectivity index (χ4n) is 4.27. The molecule has 3 aromatic carbocycles. The van der Waals surface area contributed by atoms with Crippen LogP contribution < -0.4 is 15.0 Å². The molecule has 0 saturated heterocycles. The van der Waals surface area contributed by atoms with Crippen molar-refractivity contribution in [2.75, 3.05) is 0 Å². The van der Waals surface area contributed by atoms with Crippen LogP contribution in [0, 0.1) is 0 Å². The predicted octanol–water partition coefficient (Wildman–Crippen LogP) is 4.70. The second-order valence-corrected chi connectivity index (χ2v) is 8.90. The van der Waals surface area contributed by atoms with Crippen LogP contribution in [0.15, 0.2) is 89.9 Å². The van der Waals surface area contributed by atoms with Crippen LogP contribution in [-0.2, 0) is 22.4 Å². The number of benzene rings is 3. The largest absolute Gasteiger partial charge is 0.427 e. The van der Waals surface area contributed by atoms with Gasteiger partial charge < -0.3 is 14.5 Å². The highest BCUT2D eigenvalue weighted by Crippen LogP contribution is 2.26. The lowest BCUT2D eigenvalue weighted by Crippen LogP contribution is -2.17. The third-order valence-electron chi connectivity index (χ3n) is 5.96. The molecule has 1 N–H and O–H groups in total. The molecule has 2 aliphatic rings. The second-order valence-electron chi connectivity index (χ2n) is 8.90. The molecule has 3 aromatic rings. The number of aromatic nitrogens is 3. The van der Waals surface area contributed by atoms with E-state index in [0.29, 0.717) is 35.9 Å². The van der Waals surface area contributed by atoms with E-state index >= 15 is 0 Å². The van der Waals surface area contributed by atoms with Crippen molar-refractivity contribution < 1.29 is 19.1 Å². The van der Waals surface area contributed by atoms with Gasteiger partial charge in [-0.1, -0.05) is 42.5 Å². The first kappa shape index (κ1) is 24.7. The number of carbonyl (C=O) groups excluding carboxylic acids is 2. The molecule has 0 amide bonds. The number of nitrogens with one attached hydrogen (secondary N) is 1. The monoisotopic (exact) mass is 507 g/mol. The summed E-state index contributed by atoms with van der Waals surface area (Å²) in [5.74, 6) is 0.673. The Labute approximate surface area is 218 Å². The van der Waals surface area contributed by atoms with Gasteiger partial charge in [-0.05, 0) is 53.1 Å². The van der Waals surface area contributed by atoms with Crippen LogP contribution in [0.5, 0.6) is 11.5 Å². The summed E-state index contributed by atoms with van der Waals surface area (Å²) in [6, 6.07) is 24.1. The minimum atomic E-state index is -0.390. The third kappa shape index (κ3) is 5.54. The minimum absolute atomic E-state index is 0.204. The van der Waals surface area contributed by atoms with Gasteiger partial charge in [-0.15, -0.1) is 0 Å². The van der Waals surface area contributed by atoms with Crippen LogP contribution in [0.25, 0.3) is 17.1 Å². The summed E-state index contributed by atoms with van der Waals surface area (Å²) in [6.45, 7) is 2.70. The summed E-state index contributed by atoms with van der Waals surface area (Å²) in [7, 11) is 0. The van der Waals surface area contributed by atoms with Gasteiger partial charge in [0.1, 0.15) is 17.2 Å². The first-order valence-corrected chi connectivity index (χ1v) is 12.1. The van der Waals surface area contributed by atoms with Crippen molar-refractivity contribution in [3.63, 3.8) is 0 Å². The molecule has 8 heteroatoms. The average Bonchev–Trinajstić information content (AvgIpc) is 3.21. The summed E-state index contributed by atoms with van der Waals surface area (Å²) in [6.07, 6.45) is 2.63. The van der Waals surface area contributed by atoms with Crippen molar-refractivity contribution in [3.8, 4) is 28.6 Å². The van der Waals surface area contributed by atoms with Gasteiger partial charge >= 0.3 is 11.9 Å². The number of esters is 2. The molecule has 0 fully saturated rings. The van der Waals surface area contributed by atoms with Gasteiger partial charge in [-0.3, -0.25) is 19.0 Å². The van der Waals surface area contributed by atoms with E-state index < -0.39 is 0 Å². The van der Waals surface area contributed by atoms with Crippen LogP contribution >= 0.6 is 0 Å². The predicted molar refractivity (Wildman–Crippen MR) is 142 cm³/mol. The zero-order valence-corrected chi connectivity index (χ0v) is 20.9. The van der Waals surface area contributed by atoms with Gasteiger partial charge in [0, 0.05) is 32.9 Å². The Morgan fingerprint density at radius 3 is 1.97 bits per heavy atom. The Kier molecular flexibility index (Phi) is 6.86. The lowest BCUT2D eigenvalue weighted by atomic mass is 10.1. The third-order valence-corrected chi connectivity index (χ3v) is 5.96. The van der Waals surface area contributed by atoms with Crippen molar-refractivity contribution in [2.24, 2.45) is 0 Å². The Bertz CT molecular complexity index is 1620. The van der Waals surface area contributed by atoms with Crippen molar-refractivity contribution >= 4 is 11.9 Å². The molecule has 38 heavy (non-hydrogen) atoms. The van der Waals surface area contributed by atoms with E-state index in [-0.39, 0.29) is 17.5 Å². The number of fused-ring (bicyclic) bond motifs is 1. The summed E-state index contributed by atoms with van der Waals surface area (Å²) in [4.78, 5) is 44.1. The van der Waals surface area contributed by atoms with E-state index in [2.05, 4.69) is 4.98 Å². The first-order valence-electron chi connectivity index (χ1n) is 12.1. The molecule has 5 rings (SSSR count). The summed E-state index contributed by atoms with van der Waals surface area (Å²) >= 11 is 0. The molecular weight excluding hydrogens is 482 g/mol. The molecule has 190 valence electrons. The molecular formula is C30H25N3O5. The highest BCUT2D eigenvalue weighted by Gasteiger charge is 2.20. The van der Waals surface area contributed by atoms with Crippen LogP contribution in [0.3, 0.4) is 0 Å². The van der Waals surface area contributed by atoms with Gasteiger partial charge in [0.2, 0.25) is 0 Å². The van der Waals surface area contributed by atoms with Crippen LogP contribution in [0.4, 0.5) is 0 Å². The molecule has 2 aliphatic heterocycles. The Morgan fingerprint density at radius 1 is 0.789 bits per heavy atom. The Balaban J connectivity index is 1.54. The number of imidazole rings is 1. The fourth-order valence-corrected chi connectivity index (χ4v) is 4.27. The highest BCUT2D eigenvalue weighted by atomic mass is 16.5. The highest BCUT2D eigenvalue weighted by molar-refractivity contribution is 5.70. The molecule has 0 atom stereocenters. The SMILES string of the molecule is CC(=O)Oc1ccc(Cc2nc3c(Cc4ccccc4)[nH]c(-c4ccc(OC(C)=O)cc4)cn-3c2=O)cc1. The molecule has 0 spiro atoms. The van der Waals surface area contributed by atoms with Crippen molar-refractivity contribution in [1.82, 2.24) is 14.5 Å². The van der Waals surface area contributed by atoms with E-state index in [1.165, 1.54) is 13.8 Å². The molecule has 0 aromatic heterocycles. The lowest BCUT2D eigenvalue weighted by Gasteiger charge is -2.13. The molecule has 0 aliphatic carbocycles. The van der Waals surface area contributed by atoms with Crippen LogP contribution in [0.2, 0.25) is 0 Å². The second kappa shape index (κ2) is 10.6. The minimum Gasteiger partial charge on any atom is -0.427 e. The summed E-state index contributed by atoms with van der Waals surface area (Å²) in [5, 5.41) is 0. The number of carbonyl (C=O) groups is 2. The van der Waals surface area contributed by atoms with Gasteiger partial charge in [-0.25, -0.2) is 4.98 Å².